The van der Waals surface area contributed by atoms with Crippen molar-refractivity contribution < 1.29 is 9.47 Å². The number of rotatable bonds is 4. The number of benzene rings is 2. The highest BCUT2D eigenvalue weighted by atomic mass is 16.5. The number of hydrogen-bond acceptors (Lipinski definition) is 6. The molecule has 1 unspecified atom stereocenters. The van der Waals surface area contributed by atoms with Gasteiger partial charge in [-0.25, -0.2) is 4.79 Å². The summed E-state index contributed by atoms with van der Waals surface area (Å²) < 4.78 is 11.2. The monoisotopic (exact) mass is 374 g/mol. The van der Waals surface area contributed by atoms with E-state index in [1.807, 2.05) is 36.4 Å². The van der Waals surface area contributed by atoms with E-state index in [1.54, 1.807) is 13.2 Å². The van der Waals surface area contributed by atoms with Gasteiger partial charge in [-0.05, 0) is 17.7 Å². The lowest BCUT2D eigenvalue weighted by Crippen LogP contribution is -2.22. The lowest BCUT2D eigenvalue weighted by molar-refractivity contribution is 0.414. The Hall–Kier alpha value is -3.87. The van der Waals surface area contributed by atoms with Gasteiger partial charge in [0.15, 0.2) is 0 Å². The molecule has 4 rings (SSSR count). The van der Waals surface area contributed by atoms with Crippen LogP contribution in [0.4, 0.5) is 5.82 Å². The number of nitrogens with zero attached hydrogens (tertiary/aromatic N) is 1. The van der Waals surface area contributed by atoms with Gasteiger partial charge in [0.05, 0.1) is 12.7 Å². The van der Waals surface area contributed by atoms with Crippen LogP contribution >= 0.6 is 0 Å². The summed E-state index contributed by atoms with van der Waals surface area (Å²) in [4.78, 5) is 18.4. The molecule has 2 aromatic carbocycles. The zero-order valence-corrected chi connectivity index (χ0v) is 15.2. The number of nitrogen functional groups attached to an aromatic ring is 1. The molecule has 1 aromatic heterocycles. The molecule has 0 amide bonds. The number of aromatic nitrogens is 2. The fraction of sp³-hybridized carbons (Fsp3) is 0.0952. The zero-order chi connectivity index (χ0) is 19.8. The number of nitrogens with two attached hydrogens (primary N) is 1. The maximum absolute atomic E-state index is 11.9. The molecule has 140 valence electrons. The van der Waals surface area contributed by atoms with Crippen LogP contribution in [-0.4, -0.2) is 23.3 Å². The van der Waals surface area contributed by atoms with Gasteiger partial charge < -0.3 is 20.6 Å². The molecule has 1 aliphatic rings. The Labute approximate surface area is 161 Å². The predicted molar refractivity (Wildman–Crippen MR) is 108 cm³/mol. The first kappa shape index (κ1) is 17.5. The Balaban J connectivity index is 2.03. The third-order valence-electron chi connectivity index (χ3n) is 4.83. The van der Waals surface area contributed by atoms with Gasteiger partial charge in [-0.15, -0.1) is 0 Å². The van der Waals surface area contributed by atoms with Crippen molar-refractivity contribution in [1.29, 1.82) is 5.41 Å². The second-order valence-electron chi connectivity index (χ2n) is 6.32. The Morgan fingerprint density at radius 2 is 2.04 bits per heavy atom. The quantitative estimate of drug-likeness (QED) is 0.474. The van der Waals surface area contributed by atoms with E-state index in [1.165, 1.54) is 6.21 Å². The van der Waals surface area contributed by atoms with E-state index in [-0.39, 0.29) is 17.6 Å². The topological polar surface area (TPSA) is 114 Å². The van der Waals surface area contributed by atoms with E-state index in [2.05, 4.69) is 16.5 Å². The molecule has 0 saturated carbocycles. The highest BCUT2D eigenvalue weighted by Gasteiger charge is 2.34. The molecule has 2 heterocycles. The maximum atomic E-state index is 11.9. The molecule has 7 nitrogen and oxygen atoms in total. The normalized spacial score (nSPS) is 14.4. The first-order valence-corrected chi connectivity index (χ1v) is 8.58. The van der Waals surface area contributed by atoms with Gasteiger partial charge in [-0.3, -0.25) is 4.98 Å². The van der Waals surface area contributed by atoms with E-state index in [9.17, 15) is 4.79 Å². The number of anilines is 1. The lowest BCUT2D eigenvalue weighted by atomic mass is 9.82. The van der Waals surface area contributed by atoms with Gasteiger partial charge in [0.2, 0.25) is 5.88 Å². The van der Waals surface area contributed by atoms with Crippen LogP contribution in [0.1, 0.15) is 33.7 Å². The van der Waals surface area contributed by atoms with Crippen LogP contribution in [0.5, 0.6) is 17.4 Å². The Kier molecular flexibility index (Phi) is 4.19. The molecule has 1 atom stereocenters. The summed E-state index contributed by atoms with van der Waals surface area (Å²) in [7, 11) is 1.61. The highest BCUT2D eigenvalue weighted by molar-refractivity contribution is 5.87. The number of H-pyrrole nitrogens is 1. The zero-order valence-electron chi connectivity index (χ0n) is 15.2. The number of aromatic amines is 1. The molecule has 0 spiro atoms. The average molecular weight is 374 g/mol. The average Bonchev–Trinajstić information content (AvgIpc) is 2.71. The molecule has 28 heavy (non-hydrogen) atoms. The van der Waals surface area contributed by atoms with Gasteiger partial charge in [-0.2, -0.15) is 4.98 Å². The third-order valence-corrected chi connectivity index (χ3v) is 4.83. The largest absolute Gasteiger partial charge is 0.497 e. The van der Waals surface area contributed by atoms with Gasteiger partial charge in [0.25, 0.3) is 0 Å². The minimum atomic E-state index is -0.587. The SMILES string of the molecule is C=Cc1c(C=N)ccc2c1Oc1nc(=O)[nH]c(N)c1C2c1ccc(OC)cc1. The summed E-state index contributed by atoms with van der Waals surface area (Å²) >= 11 is 0. The minimum absolute atomic E-state index is 0.153. The number of methoxy groups -OCH3 is 1. The summed E-state index contributed by atoms with van der Waals surface area (Å²) in [5.41, 5.74) is 9.26. The first-order chi connectivity index (χ1) is 13.6. The number of ether oxygens (including phenoxy) is 2. The fourth-order valence-electron chi connectivity index (χ4n) is 3.54. The molecule has 0 saturated heterocycles. The van der Waals surface area contributed by atoms with Crippen molar-refractivity contribution in [3.05, 3.63) is 81.3 Å². The van der Waals surface area contributed by atoms with Crippen molar-refractivity contribution in [3.63, 3.8) is 0 Å². The summed E-state index contributed by atoms with van der Waals surface area (Å²) in [5, 5.41) is 7.64. The van der Waals surface area contributed by atoms with Crippen molar-refractivity contribution in [2.75, 3.05) is 12.8 Å². The molecular weight excluding hydrogens is 356 g/mol. The van der Waals surface area contributed by atoms with E-state index in [4.69, 9.17) is 20.6 Å². The van der Waals surface area contributed by atoms with E-state index >= 15 is 0 Å². The molecule has 0 aliphatic carbocycles. The smallest absolute Gasteiger partial charge is 0.349 e. The summed E-state index contributed by atoms with van der Waals surface area (Å²) in [6, 6.07) is 11.3. The fourth-order valence-corrected chi connectivity index (χ4v) is 3.54. The van der Waals surface area contributed by atoms with Crippen molar-refractivity contribution >= 4 is 18.1 Å². The van der Waals surface area contributed by atoms with Crippen molar-refractivity contribution in [3.8, 4) is 17.4 Å². The van der Waals surface area contributed by atoms with Crippen LogP contribution in [-0.2, 0) is 0 Å². The highest BCUT2D eigenvalue weighted by Crippen LogP contribution is 2.49. The first-order valence-electron chi connectivity index (χ1n) is 8.58. The predicted octanol–water partition coefficient (Wildman–Crippen LogP) is 3.29. The van der Waals surface area contributed by atoms with Crippen LogP contribution < -0.4 is 20.9 Å². The molecule has 3 aromatic rings. The lowest BCUT2D eigenvalue weighted by Gasteiger charge is -2.30. The van der Waals surface area contributed by atoms with Crippen LogP contribution in [0.25, 0.3) is 6.08 Å². The Morgan fingerprint density at radius 1 is 1.29 bits per heavy atom. The molecule has 0 fully saturated rings. The van der Waals surface area contributed by atoms with Crippen molar-refractivity contribution in [2.24, 2.45) is 0 Å². The maximum Gasteiger partial charge on any atom is 0.349 e. The summed E-state index contributed by atoms with van der Waals surface area (Å²) in [6.07, 6.45) is 2.87. The van der Waals surface area contributed by atoms with Crippen LogP contribution in [0.3, 0.4) is 0 Å². The van der Waals surface area contributed by atoms with Crippen LogP contribution in [0.15, 0.2) is 47.8 Å². The van der Waals surface area contributed by atoms with Gasteiger partial charge in [-0.1, -0.05) is 36.9 Å². The van der Waals surface area contributed by atoms with Gasteiger partial charge >= 0.3 is 5.69 Å². The number of nitrogens with one attached hydrogen (secondary N) is 2. The second kappa shape index (κ2) is 6.70. The molecule has 0 bridgehead atoms. The molecule has 7 heteroatoms. The number of fused-ring (bicyclic) bond motifs is 2. The molecule has 4 N–H and O–H groups in total. The summed E-state index contributed by atoms with van der Waals surface area (Å²) in [6.45, 7) is 3.85. The minimum Gasteiger partial charge on any atom is -0.497 e. The molecule has 1 aliphatic heterocycles. The van der Waals surface area contributed by atoms with Gasteiger partial charge in [0.1, 0.15) is 17.3 Å². The van der Waals surface area contributed by atoms with E-state index in [0.717, 1.165) is 16.9 Å². The van der Waals surface area contributed by atoms with Crippen LogP contribution in [0.2, 0.25) is 0 Å². The Bertz CT molecular complexity index is 1150. The summed E-state index contributed by atoms with van der Waals surface area (Å²) in [5.74, 6) is 1.29. The molecular formula is C21H18N4O3. The van der Waals surface area contributed by atoms with Crippen LogP contribution in [0, 0.1) is 5.41 Å². The third kappa shape index (κ3) is 2.64. The second-order valence-corrected chi connectivity index (χ2v) is 6.32. The van der Waals surface area contributed by atoms with Gasteiger partial charge in [0, 0.05) is 28.8 Å². The van der Waals surface area contributed by atoms with Crippen molar-refractivity contribution in [1.82, 2.24) is 9.97 Å². The number of hydrogen-bond donors (Lipinski definition) is 3. The van der Waals surface area contributed by atoms with Crippen molar-refractivity contribution in [2.45, 2.75) is 5.92 Å². The molecule has 0 radical (unpaired) electrons. The van der Waals surface area contributed by atoms with E-state index < -0.39 is 5.69 Å². The van der Waals surface area contributed by atoms with E-state index in [0.29, 0.717) is 22.4 Å². The standard InChI is InChI=1S/C21H18N4O3/c1-3-14-12(10-22)6-9-15-16(11-4-7-13(27-2)8-5-11)17-19(23)24-21(26)25-20(17)28-18(14)15/h3-10,16,22H,1H2,2H3,(H3,23,24,25,26). The Morgan fingerprint density at radius 3 is 2.68 bits per heavy atom.